The summed E-state index contributed by atoms with van der Waals surface area (Å²) in [5.41, 5.74) is 9.07. The van der Waals surface area contributed by atoms with Crippen molar-refractivity contribution in [2.75, 3.05) is 14.2 Å². The third-order valence-electron chi connectivity index (χ3n) is 14.1. The zero-order valence-electron chi connectivity index (χ0n) is 35.8. The summed E-state index contributed by atoms with van der Waals surface area (Å²) in [6.45, 7) is 11.8. The smallest absolute Gasteiger partial charge is 0.311 e. The number of aromatic nitrogens is 2. The Morgan fingerprint density at radius 1 is 0.763 bits per heavy atom. The number of phenols is 1. The summed E-state index contributed by atoms with van der Waals surface area (Å²) >= 11 is 0. The summed E-state index contributed by atoms with van der Waals surface area (Å²) in [4.78, 5) is 43.4. The fraction of sp³-hybridized carbons (Fsp3) is 0.543. The fourth-order valence-electron chi connectivity index (χ4n) is 8.94. The summed E-state index contributed by atoms with van der Waals surface area (Å²) in [5, 5.41) is 15.4. The van der Waals surface area contributed by atoms with Gasteiger partial charge in [0.05, 0.1) is 41.8 Å². The van der Waals surface area contributed by atoms with Crippen LogP contribution in [0, 0.1) is 10.8 Å². The summed E-state index contributed by atoms with van der Waals surface area (Å²) in [6.07, 6.45) is 12.3. The van der Waals surface area contributed by atoms with Crippen LogP contribution in [0.1, 0.15) is 114 Å². The predicted molar refractivity (Wildman–Crippen MR) is 236 cm³/mol. The number of aldehydes is 1. The molecule has 10 rings (SSSR count). The number of fused-ring (bicyclic) bond motifs is 8. The SMILES string of the molecule is CC(C)(C)[Si](C)(C)Oc1ccc2nc(C=O)ccc2c1.COC(=O)C12CCC(N)(CC1)CC2.COC(=O)C12CCC(NCc3ccc4cc(O)ccc4n3)(CC1)CC2.Cl. The van der Waals surface area contributed by atoms with Gasteiger partial charge >= 0.3 is 11.9 Å². The van der Waals surface area contributed by atoms with E-state index in [0.717, 1.165) is 123 Å². The molecular weight excluding hydrogens is 784 g/mol. The van der Waals surface area contributed by atoms with Crippen LogP contribution in [0.2, 0.25) is 18.1 Å². The molecule has 4 N–H and O–H groups in total. The van der Waals surface area contributed by atoms with E-state index in [1.807, 2.05) is 42.5 Å². The zero-order chi connectivity index (χ0) is 42.0. The number of carbonyl (C=O) groups excluding carboxylic acids is 3. The Hall–Kier alpha value is -4.10. The lowest BCUT2D eigenvalue weighted by atomic mass is 9.57. The molecular formula is C46H63ClN4O7Si. The maximum Gasteiger partial charge on any atom is 0.311 e. The minimum atomic E-state index is -1.83. The summed E-state index contributed by atoms with van der Waals surface area (Å²) in [6, 6.07) is 18.7. The number of nitrogens with two attached hydrogens (primary N) is 1. The average molecular weight is 848 g/mol. The fourth-order valence-corrected chi connectivity index (χ4v) is 9.96. The van der Waals surface area contributed by atoms with E-state index < -0.39 is 8.32 Å². The Bertz CT molecular complexity index is 2110. The van der Waals surface area contributed by atoms with Crippen LogP contribution in [-0.2, 0) is 25.6 Å². The number of carbonyl (C=O) groups is 3. The number of methoxy groups -OCH3 is 2. The number of hydrogen-bond acceptors (Lipinski definition) is 11. The number of hydrogen-bond donors (Lipinski definition) is 3. The standard InChI is InChI=1S/C20H24N2O3.C16H21NO2Si.C10H17NO2.ClH/c1-25-18(24)19-6-9-20(10-7-19,11-8-19)21-13-15-3-2-14-12-16(23)4-5-17(14)22-15;1-16(2,3)20(4,5)19-14-8-9-15-12(10-14)6-7-13(11-18)17-15;1-13-8(12)9-2-5-10(11,6-3-9)7-4-9;/h2-5,12,21,23H,6-11,13H2,1H3;6-11H,1-5H3;2-7,11H2,1H3;1H. The Morgan fingerprint density at radius 3 is 1.81 bits per heavy atom. The highest BCUT2D eigenvalue weighted by Gasteiger charge is 2.53. The number of benzene rings is 2. The molecule has 2 heterocycles. The van der Waals surface area contributed by atoms with Crippen molar-refractivity contribution in [2.24, 2.45) is 16.6 Å². The molecule has 4 aromatic rings. The normalized spacial score (nSPS) is 25.7. The molecule has 11 nitrogen and oxygen atoms in total. The number of nitrogens with one attached hydrogen (secondary N) is 1. The number of phenolic OH excluding ortho intramolecular Hbond substituents is 1. The van der Waals surface area contributed by atoms with Gasteiger partial charge in [0.2, 0.25) is 8.32 Å². The van der Waals surface area contributed by atoms with E-state index in [9.17, 15) is 19.5 Å². The Labute approximate surface area is 356 Å². The van der Waals surface area contributed by atoms with E-state index in [2.05, 4.69) is 49.1 Å². The predicted octanol–water partition coefficient (Wildman–Crippen LogP) is 9.36. The number of nitrogens with zero attached hydrogens (tertiary/aromatic N) is 2. The van der Waals surface area contributed by atoms with Crippen molar-refractivity contribution in [2.45, 2.75) is 134 Å². The molecule has 0 unspecified atom stereocenters. The van der Waals surface area contributed by atoms with E-state index in [4.69, 9.17) is 19.6 Å². The second-order valence-corrected chi connectivity index (χ2v) is 23.5. The first kappa shape index (κ1) is 46.0. The number of aromatic hydroxyl groups is 1. The minimum Gasteiger partial charge on any atom is -0.543 e. The van der Waals surface area contributed by atoms with Crippen LogP contribution in [0.25, 0.3) is 21.8 Å². The number of ether oxygens (including phenoxy) is 2. The first-order chi connectivity index (χ1) is 27.4. The first-order valence-corrected chi connectivity index (χ1v) is 23.6. The highest BCUT2D eigenvalue weighted by atomic mass is 35.5. The van der Waals surface area contributed by atoms with Gasteiger partial charge in [-0.05, 0) is 144 Å². The Balaban J connectivity index is 0.000000175. The van der Waals surface area contributed by atoms with Gasteiger partial charge in [0.1, 0.15) is 17.2 Å². The molecule has 0 saturated heterocycles. The topological polar surface area (TPSA) is 163 Å². The van der Waals surface area contributed by atoms with Gasteiger partial charge in [0, 0.05) is 28.4 Å². The lowest BCUT2D eigenvalue weighted by Crippen LogP contribution is -2.56. The second kappa shape index (κ2) is 17.9. The first-order valence-electron chi connectivity index (χ1n) is 20.7. The highest BCUT2D eigenvalue weighted by molar-refractivity contribution is 6.74. The van der Waals surface area contributed by atoms with E-state index in [-0.39, 0.29) is 57.0 Å². The molecule has 13 heteroatoms. The molecule has 6 aliphatic rings. The van der Waals surface area contributed by atoms with Crippen molar-refractivity contribution >= 4 is 60.8 Å². The van der Waals surface area contributed by atoms with Crippen molar-refractivity contribution in [3.63, 3.8) is 0 Å². The summed E-state index contributed by atoms with van der Waals surface area (Å²) in [5.74, 6) is 1.09. The van der Waals surface area contributed by atoms with Gasteiger partial charge in [0.25, 0.3) is 0 Å². The van der Waals surface area contributed by atoms with Gasteiger partial charge in [-0.25, -0.2) is 4.98 Å². The summed E-state index contributed by atoms with van der Waals surface area (Å²) in [7, 11) is 1.15. The number of rotatable bonds is 8. The number of pyridine rings is 2. The molecule has 6 fully saturated rings. The van der Waals surface area contributed by atoms with E-state index >= 15 is 0 Å². The van der Waals surface area contributed by atoms with E-state index in [0.29, 0.717) is 5.69 Å². The largest absolute Gasteiger partial charge is 0.543 e. The molecule has 4 bridgehead atoms. The Kier molecular flexibility index (Phi) is 13.9. The van der Waals surface area contributed by atoms with Crippen LogP contribution in [0.5, 0.6) is 11.5 Å². The van der Waals surface area contributed by atoms with Gasteiger partial charge in [-0.15, -0.1) is 12.4 Å². The molecule has 0 radical (unpaired) electrons. The molecule has 6 aliphatic carbocycles. The van der Waals surface area contributed by atoms with Crippen LogP contribution in [0.15, 0.2) is 60.7 Å². The highest BCUT2D eigenvalue weighted by Crippen LogP contribution is 2.53. The molecule has 0 atom stereocenters. The molecule has 2 aromatic heterocycles. The third kappa shape index (κ3) is 10.1. The van der Waals surface area contributed by atoms with Crippen LogP contribution in [0.4, 0.5) is 0 Å². The minimum absolute atomic E-state index is 0. The zero-order valence-corrected chi connectivity index (χ0v) is 37.6. The molecule has 6 saturated carbocycles. The van der Waals surface area contributed by atoms with Gasteiger partial charge in [-0.3, -0.25) is 19.4 Å². The van der Waals surface area contributed by atoms with Crippen molar-refractivity contribution in [1.29, 1.82) is 0 Å². The van der Waals surface area contributed by atoms with Crippen molar-refractivity contribution in [3.05, 3.63) is 72.1 Å². The quantitative estimate of drug-likeness (QED) is 0.0880. The molecule has 0 amide bonds. The van der Waals surface area contributed by atoms with Crippen molar-refractivity contribution in [1.82, 2.24) is 15.3 Å². The lowest BCUT2D eigenvalue weighted by Gasteiger charge is -2.52. The average Bonchev–Trinajstić information content (AvgIpc) is 3.23. The van der Waals surface area contributed by atoms with E-state index in [1.165, 1.54) is 14.2 Å². The maximum absolute atomic E-state index is 12.1. The molecule has 0 aliphatic heterocycles. The molecule has 59 heavy (non-hydrogen) atoms. The van der Waals surface area contributed by atoms with Crippen LogP contribution in [0.3, 0.4) is 0 Å². The van der Waals surface area contributed by atoms with Crippen LogP contribution < -0.4 is 15.5 Å². The maximum atomic E-state index is 12.1. The van der Waals surface area contributed by atoms with Crippen molar-refractivity contribution < 1.29 is 33.4 Å². The van der Waals surface area contributed by atoms with Crippen LogP contribution in [-0.4, -0.2) is 66.9 Å². The Morgan fingerprint density at radius 2 is 1.27 bits per heavy atom. The van der Waals surface area contributed by atoms with Gasteiger partial charge in [-0.1, -0.05) is 32.9 Å². The molecule has 0 spiro atoms. The third-order valence-corrected chi connectivity index (χ3v) is 18.5. The summed E-state index contributed by atoms with van der Waals surface area (Å²) < 4.78 is 16.2. The number of esters is 2. The number of halogens is 1. The van der Waals surface area contributed by atoms with Crippen LogP contribution >= 0.6 is 12.4 Å². The molecule has 320 valence electrons. The van der Waals surface area contributed by atoms with Gasteiger partial charge in [-0.2, -0.15) is 0 Å². The van der Waals surface area contributed by atoms with Gasteiger partial charge in [0.15, 0.2) is 6.29 Å². The second-order valence-electron chi connectivity index (χ2n) is 18.8. The molecule has 2 aromatic carbocycles. The van der Waals surface area contributed by atoms with E-state index in [1.54, 1.807) is 18.2 Å². The lowest BCUT2D eigenvalue weighted by molar-refractivity contribution is -0.161. The monoisotopic (exact) mass is 846 g/mol. The van der Waals surface area contributed by atoms with Crippen molar-refractivity contribution in [3.8, 4) is 11.5 Å². The van der Waals surface area contributed by atoms with Gasteiger partial charge < -0.3 is 30.1 Å².